The molecule has 1 aromatic carbocycles. The average molecular weight is 179 g/mol. The summed E-state index contributed by atoms with van der Waals surface area (Å²) in [5.74, 6) is 1.13. The predicted octanol–water partition coefficient (Wildman–Crippen LogP) is 2.85. The van der Waals surface area contributed by atoms with Crippen molar-refractivity contribution in [1.29, 1.82) is 0 Å². The number of rotatable bonds is 3. The first-order chi connectivity index (χ1) is 5.86. The van der Waals surface area contributed by atoms with Gasteiger partial charge in [-0.1, -0.05) is 19.1 Å². The Morgan fingerprint density at radius 3 is 2.50 bits per heavy atom. The Kier molecular flexibility index (Phi) is 3.88. The Morgan fingerprint density at radius 1 is 1.33 bits per heavy atom. The third-order valence-electron chi connectivity index (χ3n) is 1.47. The molecule has 0 radical (unpaired) electrons. The third-order valence-corrected chi connectivity index (χ3v) is 2.36. The van der Waals surface area contributed by atoms with E-state index in [0.717, 1.165) is 11.3 Å². The van der Waals surface area contributed by atoms with Gasteiger partial charge < -0.3 is 0 Å². The van der Waals surface area contributed by atoms with Crippen LogP contribution in [-0.2, 0) is 0 Å². The Labute approximate surface area is 77.9 Å². The standard InChI is InChI=1S/C10H13NS/c1-3-12-10-6-4-9(5-7-10)8-11-2/h4-8H,3H2,1-2H3. The largest absolute Gasteiger partial charge is 0.296 e. The first-order valence-corrected chi connectivity index (χ1v) is 5.00. The molecule has 0 aromatic heterocycles. The van der Waals surface area contributed by atoms with Gasteiger partial charge in [-0.3, -0.25) is 4.99 Å². The molecular weight excluding hydrogens is 166 g/mol. The molecule has 64 valence electrons. The van der Waals surface area contributed by atoms with Gasteiger partial charge in [0.15, 0.2) is 0 Å². The van der Waals surface area contributed by atoms with Gasteiger partial charge in [-0.25, -0.2) is 0 Å². The van der Waals surface area contributed by atoms with Gasteiger partial charge in [-0.2, -0.15) is 0 Å². The van der Waals surface area contributed by atoms with E-state index in [9.17, 15) is 0 Å². The number of aliphatic imine (C=N–C) groups is 1. The van der Waals surface area contributed by atoms with Crippen LogP contribution in [0.1, 0.15) is 12.5 Å². The lowest BCUT2D eigenvalue weighted by Crippen LogP contribution is -1.80. The molecule has 0 amide bonds. The summed E-state index contributed by atoms with van der Waals surface area (Å²) in [5, 5.41) is 0. The molecule has 1 nitrogen and oxygen atoms in total. The molecule has 0 N–H and O–H groups in total. The monoisotopic (exact) mass is 179 g/mol. The molecule has 12 heavy (non-hydrogen) atoms. The zero-order valence-electron chi connectivity index (χ0n) is 7.45. The summed E-state index contributed by atoms with van der Waals surface area (Å²) in [4.78, 5) is 5.27. The maximum absolute atomic E-state index is 3.95. The minimum Gasteiger partial charge on any atom is -0.296 e. The molecular formula is C10H13NS. The lowest BCUT2D eigenvalue weighted by atomic mass is 10.2. The summed E-state index contributed by atoms with van der Waals surface area (Å²) in [7, 11) is 1.79. The molecule has 0 aliphatic carbocycles. The van der Waals surface area contributed by atoms with Gasteiger partial charge >= 0.3 is 0 Å². The van der Waals surface area contributed by atoms with Crippen molar-refractivity contribution >= 4 is 18.0 Å². The molecule has 0 bridgehead atoms. The van der Waals surface area contributed by atoms with Crippen LogP contribution in [0.4, 0.5) is 0 Å². The molecule has 0 heterocycles. The quantitative estimate of drug-likeness (QED) is 0.513. The van der Waals surface area contributed by atoms with Crippen molar-refractivity contribution in [2.75, 3.05) is 12.8 Å². The zero-order chi connectivity index (χ0) is 8.81. The highest BCUT2D eigenvalue weighted by Crippen LogP contribution is 2.16. The average Bonchev–Trinajstić information content (AvgIpc) is 2.09. The first kappa shape index (κ1) is 9.33. The molecule has 0 fully saturated rings. The van der Waals surface area contributed by atoms with E-state index in [-0.39, 0.29) is 0 Å². The van der Waals surface area contributed by atoms with E-state index in [4.69, 9.17) is 0 Å². The highest BCUT2D eigenvalue weighted by atomic mass is 32.2. The topological polar surface area (TPSA) is 12.4 Å². The predicted molar refractivity (Wildman–Crippen MR) is 56.4 cm³/mol. The number of benzene rings is 1. The van der Waals surface area contributed by atoms with Crippen LogP contribution >= 0.6 is 11.8 Å². The second-order valence-electron chi connectivity index (χ2n) is 2.39. The smallest absolute Gasteiger partial charge is 0.0281 e. The van der Waals surface area contributed by atoms with Crippen molar-refractivity contribution in [2.24, 2.45) is 4.99 Å². The fraction of sp³-hybridized carbons (Fsp3) is 0.300. The van der Waals surface area contributed by atoms with Crippen LogP contribution in [0.3, 0.4) is 0 Å². The van der Waals surface area contributed by atoms with Gasteiger partial charge in [-0.05, 0) is 23.4 Å². The first-order valence-electron chi connectivity index (χ1n) is 4.02. The summed E-state index contributed by atoms with van der Waals surface area (Å²) < 4.78 is 0. The molecule has 0 saturated carbocycles. The summed E-state index contributed by atoms with van der Waals surface area (Å²) in [6.45, 7) is 2.16. The molecule has 0 atom stereocenters. The SMILES string of the molecule is CCSc1ccc(C=NC)cc1. The van der Waals surface area contributed by atoms with Crippen molar-refractivity contribution < 1.29 is 0 Å². The molecule has 0 spiro atoms. The highest BCUT2D eigenvalue weighted by molar-refractivity contribution is 7.99. The minimum atomic E-state index is 1.13. The number of nitrogens with zero attached hydrogens (tertiary/aromatic N) is 1. The molecule has 1 rings (SSSR count). The molecule has 1 aromatic rings. The fourth-order valence-electron chi connectivity index (χ4n) is 0.966. The van der Waals surface area contributed by atoms with Gasteiger partial charge in [0.25, 0.3) is 0 Å². The lowest BCUT2D eigenvalue weighted by molar-refractivity contribution is 1.41. The Morgan fingerprint density at radius 2 is 2.00 bits per heavy atom. The van der Waals surface area contributed by atoms with Crippen LogP contribution < -0.4 is 0 Å². The number of thioether (sulfide) groups is 1. The van der Waals surface area contributed by atoms with Crippen LogP contribution in [0.25, 0.3) is 0 Å². The van der Waals surface area contributed by atoms with Crippen molar-refractivity contribution in [3.05, 3.63) is 29.8 Å². The zero-order valence-corrected chi connectivity index (χ0v) is 8.27. The normalized spacial score (nSPS) is 10.8. The van der Waals surface area contributed by atoms with Crippen LogP contribution in [0.15, 0.2) is 34.2 Å². The molecule has 0 aliphatic rings. The molecule has 2 heteroatoms. The van der Waals surface area contributed by atoms with Crippen LogP contribution in [0.2, 0.25) is 0 Å². The molecule has 0 unspecified atom stereocenters. The van der Waals surface area contributed by atoms with E-state index in [0.29, 0.717) is 0 Å². The summed E-state index contributed by atoms with van der Waals surface area (Å²) in [5.41, 5.74) is 1.16. The highest BCUT2D eigenvalue weighted by Gasteiger charge is 1.90. The summed E-state index contributed by atoms with van der Waals surface area (Å²) >= 11 is 1.86. The van der Waals surface area contributed by atoms with Crippen molar-refractivity contribution in [3.8, 4) is 0 Å². The van der Waals surface area contributed by atoms with E-state index in [2.05, 4.69) is 36.2 Å². The lowest BCUT2D eigenvalue weighted by Gasteiger charge is -1.97. The third kappa shape index (κ3) is 2.70. The number of hydrogen-bond donors (Lipinski definition) is 0. The van der Waals surface area contributed by atoms with Crippen LogP contribution in [0.5, 0.6) is 0 Å². The van der Waals surface area contributed by atoms with Gasteiger partial charge in [0.1, 0.15) is 0 Å². The minimum absolute atomic E-state index is 1.13. The van der Waals surface area contributed by atoms with E-state index < -0.39 is 0 Å². The van der Waals surface area contributed by atoms with Gasteiger partial charge in [0.2, 0.25) is 0 Å². The maximum atomic E-state index is 3.95. The van der Waals surface area contributed by atoms with Crippen molar-refractivity contribution in [1.82, 2.24) is 0 Å². The Bertz CT molecular complexity index is 251. The van der Waals surface area contributed by atoms with E-state index >= 15 is 0 Å². The maximum Gasteiger partial charge on any atom is 0.0281 e. The van der Waals surface area contributed by atoms with Crippen LogP contribution in [-0.4, -0.2) is 19.0 Å². The summed E-state index contributed by atoms with van der Waals surface area (Å²) in [6.07, 6.45) is 1.86. The van der Waals surface area contributed by atoms with Gasteiger partial charge in [0.05, 0.1) is 0 Å². The second kappa shape index (κ2) is 4.99. The van der Waals surface area contributed by atoms with Gasteiger partial charge in [0, 0.05) is 18.2 Å². The molecule has 0 aliphatic heterocycles. The van der Waals surface area contributed by atoms with E-state index in [1.807, 2.05) is 18.0 Å². The van der Waals surface area contributed by atoms with E-state index in [1.165, 1.54) is 4.90 Å². The number of hydrogen-bond acceptors (Lipinski definition) is 2. The second-order valence-corrected chi connectivity index (χ2v) is 3.73. The van der Waals surface area contributed by atoms with Gasteiger partial charge in [-0.15, -0.1) is 11.8 Å². The molecule has 0 saturated heterocycles. The summed E-state index contributed by atoms with van der Waals surface area (Å²) in [6, 6.07) is 8.44. The van der Waals surface area contributed by atoms with E-state index in [1.54, 1.807) is 7.05 Å². The Balaban J connectivity index is 2.71. The van der Waals surface area contributed by atoms with Crippen molar-refractivity contribution in [3.63, 3.8) is 0 Å². The fourth-order valence-corrected chi connectivity index (χ4v) is 1.63. The van der Waals surface area contributed by atoms with Crippen LogP contribution in [0, 0.1) is 0 Å². The Hall–Kier alpha value is -0.760. The van der Waals surface area contributed by atoms with Crippen molar-refractivity contribution in [2.45, 2.75) is 11.8 Å².